The smallest absolute Gasteiger partial charge is 0.124 e. The Morgan fingerprint density at radius 1 is 0.444 bits per heavy atom. The van der Waals surface area contributed by atoms with E-state index >= 15 is 0 Å². The van der Waals surface area contributed by atoms with E-state index < -0.39 is 6.04 Å². The van der Waals surface area contributed by atoms with E-state index in [-0.39, 0.29) is 61.7 Å². The zero-order chi connectivity index (χ0) is 59.5. The molecule has 13 aromatic rings. The van der Waals surface area contributed by atoms with Crippen molar-refractivity contribution in [2.45, 2.75) is 86.0 Å². The summed E-state index contributed by atoms with van der Waals surface area (Å²) in [7, 11) is 0. The minimum atomic E-state index is -0.416. The van der Waals surface area contributed by atoms with Gasteiger partial charge in [-0.15, -0.1) is 54.1 Å². The van der Waals surface area contributed by atoms with Gasteiger partial charge >= 0.3 is 0 Å². The first-order valence-electron chi connectivity index (χ1n) is 30.4. The first kappa shape index (κ1) is 48.5. The number of furan rings is 1. The molecule has 403 valence electrons. The fourth-order valence-electron chi connectivity index (χ4n) is 11.4. The summed E-state index contributed by atoms with van der Waals surface area (Å²) >= 11 is 0. The number of aromatic nitrogens is 4. The maximum atomic E-state index is 8.63. The first-order valence-corrected chi connectivity index (χ1v) is 27.9. The minimum Gasteiger partial charge on any atom is -0.500 e. The topological polar surface area (TPSA) is 48.8 Å². The van der Waals surface area contributed by atoms with E-state index in [9.17, 15) is 0 Å². The largest absolute Gasteiger partial charge is 0.500 e. The predicted octanol–water partition coefficient (Wildman–Crippen LogP) is 20.7. The molecule has 0 aliphatic carbocycles. The summed E-state index contributed by atoms with van der Waals surface area (Å²) in [5.74, 6) is 2.78. The van der Waals surface area contributed by atoms with E-state index in [4.69, 9.17) is 21.2 Å². The van der Waals surface area contributed by atoms with Crippen molar-refractivity contribution in [3.8, 4) is 67.5 Å². The second-order valence-corrected chi connectivity index (χ2v) is 22.0. The van der Waals surface area contributed by atoms with Gasteiger partial charge < -0.3 is 13.6 Å². The maximum absolute atomic E-state index is 8.63. The van der Waals surface area contributed by atoms with Crippen LogP contribution in [0.1, 0.15) is 114 Å². The van der Waals surface area contributed by atoms with Crippen LogP contribution >= 0.6 is 0 Å². The quantitative estimate of drug-likeness (QED) is 0.121. The van der Waals surface area contributed by atoms with Crippen LogP contribution in [0.15, 0.2) is 217 Å². The van der Waals surface area contributed by atoms with E-state index in [2.05, 4.69) is 198 Å². The van der Waals surface area contributed by atoms with E-state index in [1.54, 1.807) is 0 Å². The molecule has 0 saturated heterocycles. The molecule has 0 N–H and O–H groups in total. The fourth-order valence-corrected chi connectivity index (χ4v) is 11.4. The minimum absolute atomic E-state index is 0. The van der Waals surface area contributed by atoms with Crippen molar-refractivity contribution in [1.29, 1.82) is 0 Å². The Morgan fingerprint density at radius 2 is 0.914 bits per heavy atom. The molecular formula is C75H66IrN4O-2. The summed E-state index contributed by atoms with van der Waals surface area (Å²) in [6.07, 6.45) is 0. The number of nitrogens with zero attached hydrogens (tertiary/aromatic N) is 4. The van der Waals surface area contributed by atoms with Crippen molar-refractivity contribution in [3.63, 3.8) is 0 Å². The zero-order valence-electron chi connectivity index (χ0n) is 52.2. The van der Waals surface area contributed by atoms with Gasteiger partial charge in [-0.2, -0.15) is 0 Å². The molecule has 0 unspecified atom stereocenters. The second-order valence-electron chi connectivity index (χ2n) is 22.0. The summed E-state index contributed by atoms with van der Waals surface area (Å²) in [5.41, 5.74) is 20.6. The van der Waals surface area contributed by atoms with Crippen molar-refractivity contribution in [2.75, 3.05) is 0 Å². The molecule has 3 aromatic heterocycles. The normalized spacial score (nSPS) is 12.5. The number of hydrogen-bond donors (Lipinski definition) is 0. The Balaban J connectivity index is 0.000000195. The summed E-state index contributed by atoms with van der Waals surface area (Å²) in [4.78, 5) is 10.3. The third-order valence-corrected chi connectivity index (χ3v) is 15.4. The molecule has 1 radical (unpaired) electrons. The number of imidazole rings is 2. The molecule has 0 spiro atoms. The van der Waals surface area contributed by atoms with Gasteiger partial charge in [-0.1, -0.05) is 194 Å². The molecule has 0 aliphatic rings. The number of rotatable bonds is 11. The van der Waals surface area contributed by atoms with Gasteiger partial charge in [0.05, 0.1) is 46.2 Å². The van der Waals surface area contributed by atoms with Crippen molar-refractivity contribution >= 4 is 44.0 Å². The predicted molar refractivity (Wildman–Crippen MR) is 335 cm³/mol. The van der Waals surface area contributed by atoms with Crippen molar-refractivity contribution in [3.05, 3.63) is 252 Å². The van der Waals surface area contributed by atoms with Gasteiger partial charge in [0.1, 0.15) is 5.58 Å². The zero-order valence-corrected chi connectivity index (χ0v) is 49.6. The van der Waals surface area contributed by atoms with Crippen molar-refractivity contribution in [1.82, 2.24) is 19.1 Å². The van der Waals surface area contributed by atoms with E-state index in [1.165, 1.54) is 50.2 Å². The molecule has 5 nitrogen and oxygen atoms in total. The van der Waals surface area contributed by atoms with Crippen molar-refractivity contribution in [2.24, 2.45) is 0 Å². The molecule has 3 heterocycles. The van der Waals surface area contributed by atoms with Crippen LogP contribution in [-0.4, -0.2) is 19.1 Å². The summed E-state index contributed by atoms with van der Waals surface area (Å²) in [6, 6.07) is 68.2. The molecule has 0 saturated carbocycles. The van der Waals surface area contributed by atoms with Crippen LogP contribution in [0.2, 0.25) is 0 Å². The molecule has 0 bridgehead atoms. The van der Waals surface area contributed by atoms with Gasteiger partial charge in [-0.3, -0.25) is 9.97 Å². The molecular weight excluding hydrogens is 1170 g/mol. The fraction of sp³-hybridized carbons (Fsp3) is 0.173. The maximum Gasteiger partial charge on any atom is 0.124 e. The van der Waals surface area contributed by atoms with E-state index in [0.29, 0.717) is 45.5 Å². The van der Waals surface area contributed by atoms with Crippen LogP contribution in [0.3, 0.4) is 0 Å². The Kier molecular flexibility index (Phi) is 13.8. The summed E-state index contributed by atoms with van der Waals surface area (Å²) < 4.78 is 53.3. The molecule has 0 fully saturated rings. The van der Waals surface area contributed by atoms with Gasteiger partial charge in [0.25, 0.3) is 0 Å². The van der Waals surface area contributed by atoms with Crippen LogP contribution in [0.25, 0.3) is 112 Å². The average molecular weight is 1240 g/mol. The Hall–Kier alpha value is -8.41. The van der Waals surface area contributed by atoms with Crippen LogP contribution in [0, 0.1) is 19.1 Å². The molecule has 13 rings (SSSR count). The average Bonchev–Trinajstić information content (AvgIpc) is 1.61. The molecule has 0 aliphatic heterocycles. The summed E-state index contributed by atoms with van der Waals surface area (Å²) in [5, 5.41) is 1.74. The van der Waals surface area contributed by atoms with E-state index in [1.807, 2.05) is 67.6 Å². The standard InChI is InChI=1S/C44H37N2O.C31H29N2.Ir/c1-27(2)37-25-32(30-15-8-6-9-16-30)26-38(28(3)4)41(37)46-40-22-13-12-21-39(40)45-44(46)36-20-14-19-34-35-24-23-33(31-17-10-7-11-18-31)29(5)42(35)47-43(34)36;1-21(2)26-19-25(23-13-7-5-8-14-23)20-27(22(3)4)30(26)33-29-18-12-11-17-28(29)32-31(33)24-15-9-6-10-16-24;/h6-19,21-28H,1-5H3;5-15,17-22H,1-4H3;/q2*-1;/i7D,10D,11D,17D,18D;;. The van der Waals surface area contributed by atoms with Crippen LogP contribution < -0.4 is 0 Å². The SMILES string of the molecule is CC(C)c1cc(-c2ccccc2)cc(C(C)C)c1-n1c(-c2[c-]cccc2)nc2ccccc21.[2H]c1c([2H])c([2H])c(-c2ccc3c(oc4c(-c5nc6ccccc6n5-c5c(C(C)C)cc(-c6ccccc6)cc5C(C)C)[c-]ccc43)c2C)c([2H])c1[2H].[Ir]. The molecule has 0 amide bonds. The number of fused-ring (bicyclic) bond motifs is 5. The number of hydrogen-bond acceptors (Lipinski definition) is 3. The molecule has 81 heavy (non-hydrogen) atoms. The third kappa shape index (κ3) is 10.2. The number of aryl methyl sites for hydroxylation is 1. The van der Waals surface area contributed by atoms with Crippen molar-refractivity contribution < 1.29 is 31.4 Å². The third-order valence-electron chi connectivity index (χ3n) is 15.4. The second kappa shape index (κ2) is 23.0. The Bertz CT molecular complexity index is 4590. The molecule has 0 atom stereocenters. The Labute approximate surface area is 497 Å². The van der Waals surface area contributed by atoms with Crippen LogP contribution in [0.4, 0.5) is 0 Å². The van der Waals surface area contributed by atoms with Crippen LogP contribution in [0.5, 0.6) is 0 Å². The first-order chi connectivity index (χ1) is 41.0. The van der Waals surface area contributed by atoms with Gasteiger partial charge in [0.2, 0.25) is 0 Å². The van der Waals surface area contributed by atoms with E-state index in [0.717, 1.165) is 49.9 Å². The Morgan fingerprint density at radius 3 is 1.42 bits per heavy atom. The molecule has 10 aromatic carbocycles. The van der Waals surface area contributed by atoms with Gasteiger partial charge in [-0.25, -0.2) is 0 Å². The number of benzene rings is 10. The van der Waals surface area contributed by atoms with Gasteiger partial charge in [0, 0.05) is 36.9 Å². The summed E-state index contributed by atoms with van der Waals surface area (Å²) in [6.45, 7) is 19.9. The molecule has 6 heteroatoms. The van der Waals surface area contributed by atoms with Crippen LogP contribution in [-0.2, 0) is 20.1 Å². The monoisotopic (exact) mass is 1240 g/mol. The van der Waals surface area contributed by atoms with Gasteiger partial charge in [-0.05, 0) is 140 Å². The van der Waals surface area contributed by atoms with Gasteiger partial charge in [0.15, 0.2) is 0 Å². The number of para-hydroxylation sites is 4.